The van der Waals surface area contributed by atoms with Crippen LogP contribution in [0.3, 0.4) is 0 Å². The minimum absolute atomic E-state index is 0.324. The highest BCUT2D eigenvalue weighted by molar-refractivity contribution is 5.89. The Bertz CT molecular complexity index is 1850. The van der Waals surface area contributed by atoms with Crippen LogP contribution < -0.4 is 0 Å². The summed E-state index contributed by atoms with van der Waals surface area (Å²) in [5, 5.41) is 1.19. The van der Waals surface area contributed by atoms with Gasteiger partial charge in [-0.2, -0.15) is 0 Å². The SMILES string of the molecule is CC(C)c1ccccc1-c1ccccc1-c1nc2ccccc2n1C1(C)C=Cc2oc3ccccc3c2C1. The van der Waals surface area contributed by atoms with Crippen LogP contribution in [0.4, 0.5) is 0 Å². The Hall–Kier alpha value is -4.37. The van der Waals surface area contributed by atoms with Crippen molar-refractivity contribution in [3.05, 3.63) is 120 Å². The molecule has 7 rings (SSSR count). The van der Waals surface area contributed by atoms with Gasteiger partial charge >= 0.3 is 0 Å². The fraction of sp³-hybridized carbons (Fsp3) is 0.171. The Labute approximate surface area is 223 Å². The monoisotopic (exact) mass is 494 g/mol. The summed E-state index contributed by atoms with van der Waals surface area (Å²) in [5.74, 6) is 2.37. The van der Waals surface area contributed by atoms with Gasteiger partial charge in [0.25, 0.3) is 0 Å². The van der Waals surface area contributed by atoms with Gasteiger partial charge in [-0.3, -0.25) is 0 Å². The molecule has 0 amide bonds. The lowest BCUT2D eigenvalue weighted by Crippen LogP contribution is -2.32. The molecular formula is C35H30N2O. The third kappa shape index (κ3) is 3.46. The van der Waals surface area contributed by atoms with Crippen LogP contribution in [0.25, 0.3) is 50.6 Å². The van der Waals surface area contributed by atoms with E-state index in [9.17, 15) is 0 Å². The molecule has 1 aliphatic carbocycles. The Morgan fingerprint density at radius 3 is 2.32 bits per heavy atom. The molecule has 186 valence electrons. The van der Waals surface area contributed by atoms with Gasteiger partial charge < -0.3 is 8.98 Å². The average Bonchev–Trinajstić information content (AvgIpc) is 3.52. The number of hydrogen-bond acceptors (Lipinski definition) is 2. The number of para-hydroxylation sites is 3. The second kappa shape index (κ2) is 8.59. The van der Waals surface area contributed by atoms with E-state index in [-0.39, 0.29) is 5.54 Å². The molecule has 0 N–H and O–H groups in total. The summed E-state index contributed by atoms with van der Waals surface area (Å²) in [4.78, 5) is 5.28. The molecule has 0 fully saturated rings. The van der Waals surface area contributed by atoms with E-state index in [0.717, 1.165) is 40.2 Å². The molecule has 0 saturated carbocycles. The number of allylic oxidation sites excluding steroid dienone is 1. The van der Waals surface area contributed by atoms with E-state index in [1.807, 2.05) is 6.07 Å². The van der Waals surface area contributed by atoms with E-state index in [1.54, 1.807) is 0 Å². The number of benzene rings is 4. The van der Waals surface area contributed by atoms with E-state index in [0.29, 0.717) is 5.92 Å². The average molecular weight is 495 g/mol. The third-order valence-electron chi connectivity index (χ3n) is 7.97. The molecule has 0 aliphatic heterocycles. The van der Waals surface area contributed by atoms with Crippen LogP contribution >= 0.6 is 0 Å². The summed E-state index contributed by atoms with van der Waals surface area (Å²) >= 11 is 0. The normalized spacial score (nSPS) is 16.9. The predicted molar refractivity (Wildman–Crippen MR) is 157 cm³/mol. The van der Waals surface area contributed by atoms with Crippen molar-refractivity contribution in [2.45, 2.75) is 38.6 Å². The van der Waals surface area contributed by atoms with Crippen LogP contribution in [0, 0.1) is 0 Å². The molecule has 3 nitrogen and oxygen atoms in total. The molecular weight excluding hydrogens is 464 g/mol. The maximum atomic E-state index is 6.20. The van der Waals surface area contributed by atoms with E-state index in [2.05, 4.69) is 128 Å². The molecule has 2 aromatic heterocycles. The lowest BCUT2D eigenvalue weighted by atomic mass is 9.85. The number of imidazole rings is 1. The van der Waals surface area contributed by atoms with Gasteiger partial charge in [-0.25, -0.2) is 4.98 Å². The van der Waals surface area contributed by atoms with Gasteiger partial charge in [-0.15, -0.1) is 0 Å². The van der Waals surface area contributed by atoms with E-state index >= 15 is 0 Å². The molecule has 0 radical (unpaired) electrons. The van der Waals surface area contributed by atoms with Gasteiger partial charge in [0.1, 0.15) is 17.2 Å². The zero-order valence-electron chi connectivity index (χ0n) is 22.0. The zero-order chi connectivity index (χ0) is 25.9. The van der Waals surface area contributed by atoms with Crippen molar-refractivity contribution >= 4 is 28.1 Å². The standard InChI is InChI=1S/C35H30N2O/c1-23(2)24-12-4-5-13-25(24)26-14-6-7-16-28(26)34-36-30-17-9-10-18-31(30)37(34)35(3)21-20-33-29(22-35)27-15-8-11-19-32(27)38-33/h4-21,23H,22H2,1-3H3. The summed E-state index contributed by atoms with van der Waals surface area (Å²) in [6, 6.07) is 34.3. The molecule has 1 atom stereocenters. The second-order valence-electron chi connectivity index (χ2n) is 10.9. The van der Waals surface area contributed by atoms with Crippen LogP contribution in [0.1, 0.15) is 43.6 Å². The number of aromatic nitrogens is 2. The molecule has 1 unspecified atom stereocenters. The first kappa shape index (κ1) is 22.8. The van der Waals surface area contributed by atoms with Crippen molar-refractivity contribution in [2.24, 2.45) is 0 Å². The molecule has 1 aliphatic rings. The fourth-order valence-electron chi connectivity index (χ4n) is 6.14. The Morgan fingerprint density at radius 1 is 0.789 bits per heavy atom. The Morgan fingerprint density at radius 2 is 1.47 bits per heavy atom. The largest absolute Gasteiger partial charge is 0.456 e. The lowest BCUT2D eigenvalue weighted by Gasteiger charge is -2.33. The molecule has 6 aromatic rings. The quantitative estimate of drug-likeness (QED) is 0.244. The van der Waals surface area contributed by atoms with Gasteiger partial charge in [-0.05, 0) is 53.8 Å². The highest BCUT2D eigenvalue weighted by atomic mass is 16.3. The molecule has 0 spiro atoms. The van der Waals surface area contributed by atoms with Crippen LogP contribution in [0.15, 0.2) is 108 Å². The van der Waals surface area contributed by atoms with Crippen LogP contribution in [0.5, 0.6) is 0 Å². The van der Waals surface area contributed by atoms with Crippen molar-refractivity contribution < 1.29 is 4.42 Å². The third-order valence-corrected chi connectivity index (χ3v) is 7.97. The summed E-state index contributed by atoms with van der Waals surface area (Å²) in [7, 11) is 0. The summed E-state index contributed by atoms with van der Waals surface area (Å²) in [6.07, 6.45) is 5.27. The zero-order valence-corrected chi connectivity index (χ0v) is 22.0. The Kier molecular flexibility index (Phi) is 5.16. The fourth-order valence-corrected chi connectivity index (χ4v) is 6.14. The minimum Gasteiger partial charge on any atom is -0.456 e. The maximum Gasteiger partial charge on any atom is 0.142 e. The van der Waals surface area contributed by atoms with E-state index in [4.69, 9.17) is 9.40 Å². The van der Waals surface area contributed by atoms with Crippen LogP contribution in [-0.2, 0) is 12.0 Å². The van der Waals surface area contributed by atoms with Gasteiger partial charge in [-0.1, -0.05) is 98.8 Å². The van der Waals surface area contributed by atoms with Crippen LogP contribution in [0.2, 0.25) is 0 Å². The van der Waals surface area contributed by atoms with Crippen molar-refractivity contribution in [3.63, 3.8) is 0 Å². The number of nitrogens with zero attached hydrogens (tertiary/aromatic N) is 2. The van der Waals surface area contributed by atoms with Crippen LogP contribution in [-0.4, -0.2) is 9.55 Å². The number of fused-ring (bicyclic) bond motifs is 4. The molecule has 0 bridgehead atoms. The molecule has 2 heterocycles. The number of hydrogen-bond donors (Lipinski definition) is 0. The summed E-state index contributed by atoms with van der Waals surface area (Å²) < 4.78 is 8.65. The number of rotatable bonds is 4. The predicted octanol–water partition coefficient (Wildman–Crippen LogP) is 9.22. The first-order valence-electron chi connectivity index (χ1n) is 13.4. The van der Waals surface area contributed by atoms with Crippen molar-refractivity contribution in [1.82, 2.24) is 9.55 Å². The molecule has 3 heteroatoms. The van der Waals surface area contributed by atoms with Gasteiger partial charge in [0, 0.05) is 22.9 Å². The van der Waals surface area contributed by atoms with Gasteiger partial charge in [0.15, 0.2) is 0 Å². The highest BCUT2D eigenvalue weighted by Gasteiger charge is 2.35. The first-order chi connectivity index (χ1) is 18.5. The summed E-state index contributed by atoms with van der Waals surface area (Å²) in [6.45, 7) is 6.84. The smallest absolute Gasteiger partial charge is 0.142 e. The molecule has 38 heavy (non-hydrogen) atoms. The van der Waals surface area contributed by atoms with E-state index < -0.39 is 0 Å². The first-order valence-corrected chi connectivity index (χ1v) is 13.4. The van der Waals surface area contributed by atoms with Crippen molar-refractivity contribution in [1.29, 1.82) is 0 Å². The second-order valence-corrected chi connectivity index (χ2v) is 10.9. The molecule has 0 saturated heterocycles. The topological polar surface area (TPSA) is 31.0 Å². The maximum absolute atomic E-state index is 6.20. The number of furan rings is 1. The summed E-state index contributed by atoms with van der Waals surface area (Å²) in [5.41, 5.74) is 9.00. The highest BCUT2D eigenvalue weighted by Crippen LogP contribution is 2.43. The minimum atomic E-state index is -0.324. The molecule has 4 aromatic carbocycles. The van der Waals surface area contributed by atoms with Gasteiger partial charge in [0.05, 0.1) is 16.6 Å². The Balaban J connectivity index is 1.47. The van der Waals surface area contributed by atoms with Gasteiger partial charge in [0.2, 0.25) is 0 Å². The lowest BCUT2D eigenvalue weighted by molar-refractivity contribution is 0.415. The van der Waals surface area contributed by atoms with Crippen molar-refractivity contribution in [2.75, 3.05) is 0 Å². The van der Waals surface area contributed by atoms with E-state index in [1.165, 1.54) is 27.6 Å². The van der Waals surface area contributed by atoms with Crippen molar-refractivity contribution in [3.8, 4) is 22.5 Å².